The van der Waals surface area contributed by atoms with E-state index in [1.807, 2.05) is 24.3 Å². The summed E-state index contributed by atoms with van der Waals surface area (Å²) < 4.78 is 0. The van der Waals surface area contributed by atoms with E-state index in [1.54, 1.807) is 11.8 Å². The third-order valence-corrected chi connectivity index (χ3v) is 3.14. The summed E-state index contributed by atoms with van der Waals surface area (Å²) in [6, 6.07) is 7.59. The number of thioether (sulfide) groups is 1. The molecule has 0 aliphatic rings. The van der Waals surface area contributed by atoms with Crippen LogP contribution in [-0.2, 0) is 4.79 Å². The van der Waals surface area contributed by atoms with Crippen LogP contribution in [0.1, 0.15) is 6.42 Å². The second kappa shape index (κ2) is 9.59. The fraction of sp³-hybridized carbons (Fsp3) is 0.364. The van der Waals surface area contributed by atoms with Gasteiger partial charge in [-0.05, 0) is 24.3 Å². The lowest BCUT2D eigenvalue weighted by Gasteiger charge is -2.03. The Kier molecular flexibility index (Phi) is 9.36. The Bertz CT molecular complexity index is 333. The Hall–Kier alpha value is -0.420. The van der Waals surface area contributed by atoms with E-state index in [2.05, 4.69) is 5.32 Å². The second-order valence-corrected chi connectivity index (χ2v) is 4.80. The van der Waals surface area contributed by atoms with Gasteiger partial charge in [-0.25, -0.2) is 0 Å². The van der Waals surface area contributed by atoms with Crippen LogP contribution in [0.5, 0.6) is 0 Å². The highest BCUT2D eigenvalue weighted by atomic mass is 35.5. The van der Waals surface area contributed by atoms with Gasteiger partial charge in [0.15, 0.2) is 0 Å². The van der Waals surface area contributed by atoms with Crippen LogP contribution >= 0.6 is 35.8 Å². The fourth-order valence-corrected chi connectivity index (χ4v) is 2.07. The maximum atomic E-state index is 11.2. The van der Waals surface area contributed by atoms with Crippen LogP contribution in [0.25, 0.3) is 0 Å². The van der Waals surface area contributed by atoms with Crippen LogP contribution in [0.3, 0.4) is 0 Å². The Morgan fingerprint density at radius 1 is 1.35 bits per heavy atom. The molecule has 0 radical (unpaired) electrons. The summed E-state index contributed by atoms with van der Waals surface area (Å²) in [5.41, 5.74) is 5.28. The van der Waals surface area contributed by atoms with Crippen molar-refractivity contribution in [2.24, 2.45) is 5.73 Å². The van der Waals surface area contributed by atoms with Gasteiger partial charge in [-0.3, -0.25) is 4.79 Å². The Labute approximate surface area is 117 Å². The van der Waals surface area contributed by atoms with Crippen LogP contribution in [0.15, 0.2) is 29.2 Å². The quantitative estimate of drug-likeness (QED) is 0.792. The smallest absolute Gasteiger partial charge is 0.220 e. The van der Waals surface area contributed by atoms with Gasteiger partial charge < -0.3 is 11.1 Å². The van der Waals surface area contributed by atoms with Gasteiger partial charge in [0.25, 0.3) is 0 Å². The highest BCUT2D eigenvalue weighted by molar-refractivity contribution is 7.99. The second-order valence-electron chi connectivity index (χ2n) is 3.19. The van der Waals surface area contributed by atoms with Crippen molar-refractivity contribution in [1.82, 2.24) is 5.32 Å². The third-order valence-electron chi connectivity index (χ3n) is 1.88. The van der Waals surface area contributed by atoms with E-state index in [1.165, 1.54) is 0 Å². The van der Waals surface area contributed by atoms with E-state index >= 15 is 0 Å². The minimum atomic E-state index is 0. The van der Waals surface area contributed by atoms with Crippen LogP contribution in [0.4, 0.5) is 0 Å². The number of rotatable bonds is 6. The van der Waals surface area contributed by atoms with E-state index in [-0.39, 0.29) is 18.3 Å². The normalized spacial score (nSPS) is 9.53. The zero-order valence-corrected chi connectivity index (χ0v) is 11.7. The monoisotopic (exact) mass is 294 g/mol. The molecule has 0 fully saturated rings. The molecule has 0 saturated heterocycles. The summed E-state index contributed by atoms with van der Waals surface area (Å²) in [5.74, 6) is 0.810. The number of hydrogen-bond donors (Lipinski definition) is 2. The van der Waals surface area contributed by atoms with E-state index in [0.717, 1.165) is 15.7 Å². The standard InChI is InChI=1S/C11H15ClN2OS.ClH/c12-9-1-3-10(4-2-9)16-8-5-11(15)14-7-6-13;/h1-4H,5-8,13H2,(H,14,15);1H. The molecule has 0 bridgehead atoms. The molecule has 1 amide bonds. The van der Waals surface area contributed by atoms with E-state index in [0.29, 0.717) is 19.5 Å². The molecule has 6 heteroatoms. The first-order chi connectivity index (χ1) is 7.72. The fourth-order valence-electron chi connectivity index (χ4n) is 1.09. The SMILES string of the molecule is Cl.NCCNC(=O)CCSc1ccc(Cl)cc1. The summed E-state index contributed by atoms with van der Waals surface area (Å²) >= 11 is 7.41. The zero-order valence-electron chi connectivity index (χ0n) is 9.32. The summed E-state index contributed by atoms with van der Waals surface area (Å²) in [6.07, 6.45) is 0.507. The average molecular weight is 295 g/mol. The van der Waals surface area contributed by atoms with E-state index in [9.17, 15) is 4.79 Å². The van der Waals surface area contributed by atoms with Crippen molar-refractivity contribution < 1.29 is 4.79 Å². The number of hydrogen-bond acceptors (Lipinski definition) is 3. The lowest BCUT2D eigenvalue weighted by atomic mass is 10.4. The Morgan fingerprint density at radius 3 is 2.59 bits per heavy atom. The predicted molar refractivity (Wildman–Crippen MR) is 76.1 cm³/mol. The van der Waals surface area contributed by atoms with Crippen molar-refractivity contribution in [3.05, 3.63) is 29.3 Å². The average Bonchev–Trinajstić information content (AvgIpc) is 2.29. The largest absolute Gasteiger partial charge is 0.355 e. The Morgan fingerprint density at radius 2 is 2.00 bits per heavy atom. The first-order valence-electron chi connectivity index (χ1n) is 5.07. The molecule has 0 saturated carbocycles. The van der Waals surface area contributed by atoms with Gasteiger partial charge in [0.1, 0.15) is 0 Å². The van der Waals surface area contributed by atoms with E-state index < -0.39 is 0 Å². The molecular weight excluding hydrogens is 279 g/mol. The van der Waals surface area contributed by atoms with Gasteiger partial charge in [0, 0.05) is 35.2 Å². The topological polar surface area (TPSA) is 55.1 Å². The molecule has 0 aliphatic carbocycles. The molecule has 0 unspecified atom stereocenters. The van der Waals surface area contributed by atoms with Gasteiger partial charge in [-0.15, -0.1) is 24.2 Å². The molecule has 0 heterocycles. The lowest BCUT2D eigenvalue weighted by molar-refractivity contribution is -0.120. The first kappa shape index (κ1) is 16.6. The minimum Gasteiger partial charge on any atom is -0.355 e. The zero-order chi connectivity index (χ0) is 11.8. The molecule has 0 spiro atoms. The molecule has 0 aliphatic heterocycles. The number of nitrogens with two attached hydrogens (primary N) is 1. The summed E-state index contributed by atoms with van der Waals surface area (Å²) in [6.45, 7) is 1.03. The minimum absolute atomic E-state index is 0. The van der Waals surface area contributed by atoms with Crippen molar-refractivity contribution in [2.45, 2.75) is 11.3 Å². The number of amides is 1. The lowest BCUT2D eigenvalue weighted by Crippen LogP contribution is -2.29. The Balaban J connectivity index is 0.00000256. The molecule has 3 nitrogen and oxygen atoms in total. The van der Waals surface area contributed by atoms with Gasteiger partial charge in [0.2, 0.25) is 5.91 Å². The van der Waals surface area contributed by atoms with Crippen LogP contribution in [-0.4, -0.2) is 24.7 Å². The number of benzene rings is 1. The number of halogens is 2. The molecule has 3 N–H and O–H groups in total. The molecule has 0 aromatic heterocycles. The van der Waals surface area contributed by atoms with Gasteiger partial charge in [-0.2, -0.15) is 0 Å². The third kappa shape index (κ3) is 7.49. The maximum absolute atomic E-state index is 11.2. The van der Waals surface area contributed by atoms with Crippen LogP contribution in [0.2, 0.25) is 5.02 Å². The molecule has 1 aromatic carbocycles. The molecule has 17 heavy (non-hydrogen) atoms. The maximum Gasteiger partial charge on any atom is 0.220 e. The van der Waals surface area contributed by atoms with E-state index in [4.69, 9.17) is 17.3 Å². The molecular formula is C11H16Cl2N2OS. The molecule has 96 valence electrons. The molecule has 1 rings (SSSR count). The highest BCUT2D eigenvalue weighted by Crippen LogP contribution is 2.20. The van der Waals surface area contributed by atoms with Crippen molar-refractivity contribution in [2.75, 3.05) is 18.8 Å². The molecule has 1 aromatic rings. The van der Waals surface area contributed by atoms with Crippen molar-refractivity contribution >= 4 is 41.7 Å². The number of carbonyl (C=O) groups excluding carboxylic acids is 1. The van der Waals surface area contributed by atoms with Crippen molar-refractivity contribution in [1.29, 1.82) is 0 Å². The summed E-state index contributed by atoms with van der Waals surface area (Å²) in [4.78, 5) is 12.4. The first-order valence-corrected chi connectivity index (χ1v) is 6.44. The van der Waals surface area contributed by atoms with Gasteiger partial charge in [0.05, 0.1) is 0 Å². The van der Waals surface area contributed by atoms with Crippen LogP contribution in [0, 0.1) is 0 Å². The van der Waals surface area contributed by atoms with Gasteiger partial charge in [-0.1, -0.05) is 11.6 Å². The summed E-state index contributed by atoms with van der Waals surface area (Å²) in [5, 5.41) is 3.46. The van der Waals surface area contributed by atoms with Gasteiger partial charge >= 0.3 is 0 Å². The van der Waals surface area contributed by atoms with Crippen molar-refractivity contribution in [3.63, 3.8) is 0 Å². The summed E-state index contributed by atoms with van der Waals surface area (Å²) in [7, 11) is 0. The van der Waals surface area contributed by atoms with Crippen LogP contribution < -0.4 is 11.1 Å². The molecule has 0 atom stereocenters. The number of carbonyl (C=O) groups is 1. The number of nitrogens with one attached hydrogen (secondary N) is 1. The van der Waals surface area contributed by atoms with Crippen molar-refractivity contribution in [3.8, 4) is 0 Å². The highest BCUT2D eigenvalue weighted by Gasteiger charge is 2.00. The predicted octanol–water partition coefficient (Wildman–Crippen LogP) is 2.32.